The normalized spacial score (nSPS) is 15.9. The molecule has 8 heteroatoms. The average molecular weight is 487 g/mol. The van der Waals surface area contributed by atoms with Gasteiger partial charge in [-0.3, -0.25) is 4.90 Å². The molecule has 1 N–H and O–H groups in total. The summed E-state index contributed by atoms with van der Waals surface area (Å²) in [6.07, 6.45) is 0.886. The van der Waals surface area contributed by atoms with E-state index >= 15 is 0 Å². The highest BCUT2D eigenvalue weighted by Crippen LogP contribution is 2.39. The fourth-order valence-corrected chi connectivity index (χ4v) is 4.37. The highest BCUT2D eigenvalue weighted by Gasteiger charge is 2.36. The predicted molar refractivity (Wildman–Crippen MR) is 133 cm³/mol. The molecule has 1 aromatic heterocycles. The molecule has 0 saturated heterocycles. The summed E-state index contributed by atoms with van der Waals surface area (Å²) in [4.78, 5) is 19.3. The van der Waals surface area contributed by atoms with Gasteiger partial charge in [0.25, 0.3) is 5.89 Å². The van der Waals surface area contributed by atoms with Crippen molar-refractivity contribution in [1.29, 1.82) is 0 Å². The number of halogens is 2. The van der Waals surface area contributed by atoms with Gasteiger partial charge in [-0.2, -0.15) is 4.98 Å². The number of carbonyl (C=O) groups excluding carboxylic acids is 1. The van der Waals surface area contributed by atoms with Crippen LogP contribution in [-0.4, -0.2) is 16.2 Å². The standard InChI is InChI=1S/C28H24F2N4O2/c1-4-18-8-10-19(11-9-18)25-24(27-32-26(33-36-27)20-6-5-7-21(29)15-20)17(3)34(28(35)31-25)22-12-13-23(30)16(2)14-22/h5-15,25H,4H2,1-3H3,(H,31,35). The van der Waals surface area contributed by atoms with Crippen molar-refractivity contribution in [1.82, 2.24) is 15.5 Å². The Morgan fingerprint density at radius 1 is 1.03 bits per heavy atom. The van der Waals surface area contributed by atoms with Crippen molar-refractivity contribution < 1.29 is 18.1 Å². The number of benzene rings is 3. The second-order valence-electron chi connectivity index (χ2n) is 8.68. The Balaban J connectivity index is 1.65. The maximum Gasteiger partial charge on any atom is 0.326 e. The van der Waals surface area contributed by atoms with Gasteiger partial charge in [0.1, 0.15) is 11.6 Å². The minimum Gasteiger partial charge on any atom is -0.334 e. The Kier molecular flexibility index (Phi) is 6.10. The first-order chi connectivity index (χ1) is 17.4. The van der Waals surface area contributed by atoms with E-state index in [4.69, 9.17) is 4.52 Å². The van der Waals surface area contributed by atoms with Crippen LogP contribution in [0.1, 0.15) is 42.5 Å². The summed E-state index contributed by atoms with van der Waals surface area (Å²) in [5.41, 5.74) is 4.55. The van der Waals surface area contributed by atoms with Gasteiger partial charge in [-0.1, -0.05) is 48.5 Å². The highest BCUT2D eigenvalue weighted by molar-refractivity contribution is 6.01. The number of urea groups is 1. The van der Waals surface area contributed by atoms with Gasteiger partial charge in [0.05, 0.1) is 17.3 Å². The summed E-state index contributed by atoms with van der Waals surface area (Å²) in [5, 5.41) is 7.10. The first-order valence-corrected chi connectivity index (χ1v) is 11.6. The molecular weight excluding hydrogens is 462 g/mol. The zero-order valence-electron chi connectivity index (χ0n) is 20.0. The van der Waals surface area contributed by atoms with Gasteiger partial charge in [-0.25, -0.2) is 13.6 Å². The molecule has 1 unspecified atom stereocenters. The van der Waals surface area contributed by atoms with Crippen LogP contribution in [-0.2, 0) is 6.42 Å². The summed E-state index contributed by atoms with van der Waals surface area (Å²) in [6, 6.07) is 17.4. The van der Waals surface area contributed by atoms with Gasteiger partial charge >= 0.3 is 6.03 Å². The third-order valence-electron chi connectivity index (χ3n) is 6.35. The van der Waals surface area contributed by atoms with Crippen molar-refractivity contribution in [2.45, 2.75) is 33.2 Å². The van der Waals surface area contributed by atoms with Gasteiger partial charge in [0.15, 0.2) is 0 Å². The first kappa shape index (κ1) is 23.4. The molecule has 36 heavy (non-hydrogen) atoms. The van der Waals surface area contributed by atoms with Crippen molar-refractivity contribution in [3.8, 4) is 11.4 Å². The van der Waals surface area contributed by atoms with E-state index in [2.05, 4.69) is 22.4 Å². The quantitative estimate of drug-likeness (QED) is 0.346. The molecule has 6 nitrogen and oxygen atoms in total. The van der Waals surface area contributed by atoms with Crippen molar-refractivity contribution in [2.24, 2.45) is 0 Å². The molecule has 182 valence electrons. The first-order valence-electron chi connectivity index (χ1n) is 11.6. The van der Waals surface area contributed by atoms with Gasteiger partial charge < -0.3 is 9.84 Å². The van der Waals surface area contributed by atoms with Crippen LogP contribution in [0.5, 0.6) is 0 Å². The lowest BCUT2D eigenvalue weighted by Crippen LogP contribution is -2.46. The van der Waals surface area contributed by atoms with Crippen LogP contribution in [0.25, 0.3) is 17.0 Å². The third-order valence-corrected chi connectivity index (χ3v) is 6.35. The van der Waals surface area contributed by atoms with Gasteiger partial charge in [0, 0.05) is 11.3 Å². The number of hydrogen-bond donors (Lipinski definition) is 1. The predicted octanol–water partition coefficient (Wildman–Crippen LogP) is 6.59. The van der Waals surface area contributed by atoms with E-state index in [0.29, 0.717) is 28.1 Å². The van der Waals surface area contributed by atoms with Crippen LogP contribution >= 0.6 is 0 Å². The molecule has 4 aromatic rings. The number of carbonyl (C=O) groups is 1. The van der Waals surface area contributed by atoms with E-state index in [9.17, 15) is 13.6 Å². The van der Waals surface area contributed by atoms with E-state index in [1.165, 1.54) is 23.1 Å². The zero-order valence-corrected chi connectivity index (χ0v) is 20.0. The molecule has 0 saturated carbocycles. The Morgan fingerprint density at radius 3 is 2.50 bits per heavy atom. The number of rotatable bonds is 5. The van der Waals surface area contributed by atoms with Gasteiger partial charge in [-0.05, 0) is 67.3 Å². The lowest BCUT2D eigenvalue weighted by molar-refractivity contribution is 0.244. The highest BCUT2D eigenvalue weighted by atomic mass is 19.1. The number of allylic oxidation sites excluding steroid dienone is 1. The lowest BCUT2D eigenvalue weighted by atomic mass is 9.93. The Labute approximate surface area is 207 Å². The molecule has 0 radical (unpaired) electrons. The number of nitrogens with zero attached hydrogens (tertiary/aromatic N) is 3. The lowest BCUT2D eigenvalue weighted by Gasteiger charge is -2.35. The molecule has 0 spiro atoms. The monoisotopic (exact) mass is 486 g/mol. The van der Waals surface area contributed by atoms with Crippen molar-refractivity contribution in [3.05, 3.63) is 107 Å². The number of nitrogens with one attached hydrogen (secondary N) is 1. The summed E-state index contributed by atoms with van der Waals surface area (Å²) >= 11 is 0. The van der Waals surface area contributed by atoms with E-state index in [1.54, 1.807) is 38.1 Å². The second kappa shape index (κ2) is 9.37. The van der Waals surface area contributed by atoms with Crippen LogP contribution in [0.4, 0.5) is 19.3 Å². The van der Waals surface area contributed by atoms with E-state index in [0.717, 1.165) is 17.5 Å². The summed E-state index contributed by atoms with van der Waals surface area (Å²) in [6.45, 7) is 5.50. The molecule has 2 heterocycles. The van der Waals surface area contributed by atoms with Gasteiger partial charge in [-0.15, -0.1) is 0 Å². The Hall–Kier alpha value is -4.33. The van der Waals surface area contributed by atoms with Crippen LogP contribution < -0.4 is 10.2 Å². The minimum absolute atomic E-state index is 0.195. The SMILES string of the molecule is CCc1ccc(C2NC(=O)N(c3ccc(F)c(C)c3)C(C)=C2c2nc(-c3cccc(F)c3)no2)cc1. The van der Waals surface area contributed by atoms with E-state index in [-0.39, 0.29) is 23.6 Å². The number of amides is 2. The molecule has 2 amide bonds. The topological polar surface area (TPSA) is 71.3 Å². The number of aromatic nitrogens is 2. The smallest absolute Gasteiger partial charge is 0.326 e. The maximum absolute atomic E-state index is 13.9. The second-order valence-corrected chi connectivity index (χ2v) is 8.68. The molecule has 1 atom stereocenters. The molecule has 3 aromatic carbocycles. The third kappa shape index (κ3) is 4.26. The van der Waals surface area contributed by atoms with E-state index in [1.807, 2.05) is 24.3 Å². The Bertz CT molecular complexity index is 1480. The average Bonchev–Trinajstić information content (AvgIpc) is 3.36. The van der Waals surface area contributed by atoms with E-state index < -0.39 is 11.9 Å². The molecular formula is C28H24F2N4O2. The Morgan fingerprint density at radius 2 is 1.81 bits per heavy atom. The minimum atomic E-state index is -0.568. The summed E-state index contributed by atoms with van der Waals surface area (Å²) in [5.74, 6) is -0.347. The molecule has 1 aliphatic heterocycles. The van der Waals surface area contributed by atoms with Crippen molar-refractivity contribution in [2.75, 3.05) is 4.90 Å². The molecule has 5 rings (SSSR count). The van der Waals surface area contributed by atoms with Crippen LogP contribution in [0.15, 0.2) is 77.0 Å². The van der Waals surface area contributed by atoms with Crippen LogP contribution in [0, 0.1) is 18.6 Å². The molecule has 0 bridgehead atoms. The summed E-state index contributed by atoms with van der Waals surface area (Å²) in [7, 11) is 0. The van der Waals surface area contributed by atoms with Crippen LogP contribution in [0.2, 0.25) is 0 Å². The number of anilines is 1. The fraction of sp³-hybridized carbons (Fsp3) is 0.179. The van der Waals surface area contributed by atoms with Gasteiger partial charge in [0.2, 0.25) is 5.82 Å². The molecule has 0 aliphatic carbocycles. The zero-order chi connectivity index (χ0) is 25.4. The summed E-state index contributed by atoms with van der Waals surface area (Å²) < 4.78 is 33.4. The van der Waals surface area contributed by atoms with Crippen molar-refractivity contribution >= 4 is 17.3 Å². The largest absolute Gasteiger partial charge is 0.334 e. The maximum atomic E-state index is 13.9. The fourth-order valence-electron chi connectivity index (χ4n) is 4.37. The van der Waals surface area contributed by atoms with Crippen molar-refractivity contribution in [3.63, 3.8) is 0 Å². The molecule has 1 aliphatic rings. The number of aryl methyl sites for hydroxylation is 2. The number of hydrogen-bond acceptors (Lipinski definition) is 4. The van der Waals surface area contributed by atoms with Crippen LogP contribution in [0.3, 0.4) is 0 Å². The molecule has 0 fully saturated rings.